The van der Waals surface area contributed by atoms with E-state index in [1.54, 1.807) is 6.20 Å². The van der Waals surface area contributed by atoms with Crippen LogP contribution in [0.5, 0.6) is 0 Å². The lowest BCUT2D eigenvalue weighted by Gasteiger charge is -2.42. The summed E-state index contributed by atoms with van der Waals surface area (Å²) >= 11 is 0. The molecule has 2 heterocycles. The van der Waals surface area contributed by atoms with Crippen molar-refractivity contribution < 1.29 is 37.4 Å². The fourth-order valence-corrected chi connectivity index (χ4v) is 9.82. The maximum Gasteiger partial charge on any atom is 0.248 e. The van der Waals surface area contributed by atoms with Gasteiger partial charge >= 0.3 is 0 Å². The van der Waals surface area contributed by atoms with Crippen molar-refractivity contribution in [3.63, 3.8) is 0 Å². The number of alkyl halides is 4. The molecule has 0 radical (unpaired) electrons. The maximum absolute atomic E-state index is 14.0. The highest BCUT2D eigenvalue weighted by atomic mass is 19.3. The molecule has 4 saturated carbocycles. The van der Waals surface area contributed by atoms with E-state index in [2.05, 4.69) is 25.6 Å². The highest BCUT2D eigenvalue weighted by molar-refractivity contribution is 5.88. The Hall–Kier alpha value is -4.30. The molecule has 14 heteroatoms. The van der Waals surface area contributed by atoms with Crippen molar-refractivity contribution in [2.75, 3.05) is 0 Å². The van der Waals surface area contributed by atoms with Crippen LogP contribution in [0.15, 0.2) is 48.7 Å². The first kappa shape index (κ1) is 42.4. The molecule has 4 aromatic rings. The number of H-pyrrole nitrogens is 2. The molecule has 4 aliphatic carbocycles. The van der Waals surface area contributed by atoms with Crippen LogP contribution in [-0.4, -0.2) is 65.0 Å². The normalized spacial score (nSPS) is 23.3. The van der Waals surface area contributed by atoms with Crippen LogP contribution in [0.4, 0.5) is 17.6 Å². The molecule has 2 atom stereocenters. The van der Waals surface area contributed by atoms with Crippen LogP contribution < -0.4 is 10.6 Å². The number of halogens is 4. The minimum atomic E-state index is -2.82. The number of aromatic nitrogens is 4. The molecule has 2 aromatic heterocycles. The SMILES string of the molecule is CC(C)(C)[C@H](NC(=O)C1(C2(O)CCC(F)(F)CC2)CC1)c1ncc(-c2ccc(-c3ccc4nc([C@@H](NC(=O)C5(C6(O)CCC(F)(F)CC6)CC5)C(C)(C)C)[nH]c4c3)cc2)[nH]1. The summed E-state index contributed by atoms with van der Waals surface area (Å²) in [6, 6.07) is 12.8. The first-order valence-corrected chi connectivity index (χ1v) is 21.4. The van der Waals surface area contributed by atoms with Crippen molar-refractivity contribution in [2.24, 2.45) is 21.7 Å². The number of nitrogens with zero attached hydrogens (tertiary/aromatic N) is 2. The molecular formula is C46H58F4N6O4. The lowest BCUT2D eigenvalue weighted by atomic mass is 9.71. The van der Waals surface area contributed by atoms with Gasteiger partial charge in [-0.05, 0) is 91.0 Å². The molecule has 10 nitrogen and oxygen atoms in total. The zero-order valence-corrected chi connectivity index (χ0v) is 35.4. The zero-order chi connectivity index (χ0) is 43.3. The summed E-state index contributed by atoms with van der Waals surface area (Å²) in [6.45, 7) is 12.0. The standard InChI is InChI=1S/C46H58F4N6O4/c1-39(2,3)33(55-37(57)41(13-14-41)43(59)17-21-45(47,48)22-18-43)35-51-26-32(54-35)28-9-7-27(8-10-28)29-11-12-30-31(25-29)53-36(52-30)34(40(4,5)6)56-38(58)42(15-16-42)44(60)19-23-46(49,50)24-20-44/h7-12,25-26,33-34,59-60H,13-24H2,1-6H3,(H,51,54)(H,52,53)(H,55,57)(H,56,58)/t33-,34-/m1/s1. The highest BCUT2D eigenvalue weighted by Crippen LogP contribution is 2.62. The van der Waals surface area contributed by atoms with Gasteiger partial charge in [0.25, 0.3) is 0 Å². The van der Waals surface area contributed by atoms with Crippen molar-refractivity contribution in [1.29, 1.82) is 0 Å². The predicted octanol–water partition coefficient (Wildman–Crippen LogP) is 9.47. The van der Waals surface area contributed by atoms with E-state index in [-0.39, 0.29) is 37.5 Å². The molecule has 324 valence electrons. The van der Waals surface area contributed by atoms with Crippen LogP contribution in [0.1, 0.15) is 142 Å². The Morgan fingerprint density at radius 3 is 1.50 bits per heavy atom. The van der Waals surface area contributed by atoms with Gasteiger partial charge in [-0.25, -0.2) is 27.5 Å². The van der Waals surface area contributed by atoms with Crippen LogP contribution in [0.2, 0.25) is 0 Å². The van der Waals surface area contributed by atoms with Gasteiger partial charge in [0.2, 0.25) is 23.7 Å². The van der Waals surface area contributed by atoms with Crippen molar-refractivity contribution in [1.82, 2.24) is 30.6 Å². The van der Waals surface area contributed by atoms with Crippen LogP contribution >= 0.6 is 0 Å². The van der Waals surface area contributed by atoms with Crippen molar-refractivity contribution in [2.45, 2.75) is 154 Å². The number of carbonyl (C=O) groups is 2. The first-order chi connectivity index (χ1) is 27.9. The second-order valence-electron chi connectivity index (χ2n) is 20.6. The molecule has 0 saturated heterocycles. The van der Waals surface area contributed by atoms with Gasteiger partial charge in [0.15, 0.2) is 0 Å². The summed E-state index contributed by atoms with van der Waals surface area (Å²) in [5.41, 5.74) is -0.992. The molecule has 60 heavy (non-hydrogen) atoms. The average Bonchev–Trinajstić information content (AvgIpc) is 4.09. The van der Waals surface area contributed by atoms with Crippen LogP contribution in [0.25, 0.3) is 33.4 Å². The largest absolute Gasteiger partial charge is 0.389 e. The number of rotatable bonds is 10. The molecule has 2 aromatic carbocycles. The minimum absolute atomic E-state index is 0.105. The van der Waals surface area contributed by atoms with E-state index >= 15 is 0 Å². The molecule has 2 amide bonds. The summed E-state index contributed by atoms with van der Waals surface area (Å²) < 4.78 is 56.0. The molecule has 4 aliphatic rings. The lowest BCUT2D eigenvalue weighted by Crippen LogP contribution is -2.53. The predicted molar refractivity (Wildman–Crippen MR) is 220 cm³/mol. The van der Waals surface area contributed by atoms with Gasteiger partial charge in [0.1, 0.15) is 11.6 Å². The number of aliphatic hydroxyl groups is 2. The van der Waals surface area contributed by atoms with Crippen LogP contribution in [-0.2, 0) is 9.59 Å². The van der Waals surface area contributed by atoms with E-state index in [0.717, 1.165) is 33.4 Å². The van der Waals surface area contributed by atoms with Gasteiger partial charge < -0.3 is 30.8 Å². The number of amides is 2. The Labute approximate surface area is 348 Å². The third-order valence-corrected chi connectivity index (χ3v) is 14.2. The molecule has 4 fully saturated rings. The molecule has 0 aliphatic heterocycles. The van der Waals surface area contributed by atoms with Crippen LogP contribution in [0.3, 0.4) is 0 Å². The number of nitrogens with one attached hydrogen (secondary N) is 4. The number of benzene rings is 2. The summed E-state index contributed by atoms with van der Waals surface area (Å²) in [6.07, 6.45) is 1.43. The van der Waals surface area contributed by atoms with Crippen molar-refractivity contribution in [3.05, 3.63) is 60.3 Å². The van der Waals surface area contributed by atoms with Gasteiger partial charge in [-0.1, -0.05) is 71.9 Å². The number of hydrogen-bond donors (Lipinski definition) is 6. The number of carbonyl (C=O) groups excluding carboxylic acids is 2. The molecule has 6 N–H and O–H groups in total. The van der Waals surface area contributed by atoms with E-state index in [9.17, 15) is 37.4 Å². The van der Waals surface area contributed by atoms with Gasteiger partial charge in [0, 0.05) is 25.7 Å². The van der Waals surface area contributed by atoms with Crippen molar-refractivity contribution >= 4 is 22.8 Å². The Bertz CT molecular complexity index is 2260. The smallest absolute Gasteiger partial charge is 0.248 e. The molecule has 8 rings (SSSR count). The number of fused-ring (bicyclic) bond motifs is 1. The summed E-state index contributed by atoms with van der Waals surface area (Å²) in [4.78, 5) is 44.1. The fraction of sp³-hybridized carbons (Fsp3) is 0.609. The number of hydrogen-bond acceptors (Lipinski definition) is 6. The molecule has 0 bridgehead atoms. The number of aromatic amines is 2. The van der Waals surface area contributed by atoms with Gasteiger partial charge in [-0.2, -0.15) is 0 Å². The van der Waals surface area contributed by atoms with E-state index in [4.69, 9.17) is 4.98 Å². The second-order valence-corrected chi connectivity index (χ2v) is 20.6. The highest BCUT2D eigenvalue weighted by Gasteiger charge is 2.67. The fourth-order valence-electron chi connectivity index (χ4n) is 9.82. The molecule has 0 spiro atoms. The topological polar surface area (TPSA) is 156 Å². The Morgan fingerprint density at radius 1 is 0.617 bits per heavy atom. The molecular weight excluding hydrogens is 777 g/mol. The zero-order valence-electron chi connectivity index (χ0n) is 35.4. The third kappa shape index (κ3) is 7.64. The maximum atomic E-state index is 14.0. The van der Waals surface area contributed by atoms with Crippen LogP contribution in [0, 0.1) is 21.7 Å². The Morgan fingerprint density at radius 2 is 1.05 bits per heavy atom. The lowest BCUT2D eigenvalue weighted by molar-refractivity contribution is -0.157. The van der Waals surface area contributed by atoms with E-state index < -0.39 is 82.5 Å². The average molecular weight is 835 g/mol. The monoisotopic (exact) mass is 834 g/mol. The van der Waals surface area contributed by atoms with Crippen molar-refractivity contribution in [3.8, 4) is 22.4 Å². The van der Waals surface area contributed by atoms with E-state index in [1.807, 2.05) is 84.0 Å². The quantitative estimate of drug-likeness (QED) is 0.0875. The number of imidazole rings is 2. The minimum Gasteiger partial charge on any atom is -0.389 e. The summed E-state index contributed by atoms with van der Waals surface area (Å²) in [5.74, 6) is -5.16. The van der Waals surface area contributed by atoms with Gasteiger partial charge in [-0.15, -0.1) is 0 Å². The summed E-state index contributed by atoms with van der Waals surface area (Å²) in [7, 11) is 0. The molecule has 0 unspecified atom stereocenters. The van der Waals surface area contributed by atoms with Gasteiger partial charge in [0.05, 0.1) is 57.0 Å². The first-order valence-electron chi connectivity index (χ1n) is 21.4. The van der Waals surface area contributed by atoms with E-state index in [1.165, 1.54) is 0 Å². The van der Waals surface area contributed by atoms with E-state index in [0.29, 0.717) is 37.3 Å². The second kappa shape index (κ2) is 14.1. The third-order valence-electron chi connectivity index (χ3n) is 14.2. The Kier molecular flexibility index (Phi) is 9.98. The van der Waals surface area contributed by atoms with Gasteiger partial charge in [-0.3, -0.25) is 9.59 Å². The Balaban J connectivity index is 0.968. The summed E-state index contributed by atoms with van der Waals surface area (Å²) in [5, 5.41) is 29.3.